The molecule has 2 rings (SSSR count). The summed E-state index contributed by atoms with van der Waals surface area (Å²) in [5.41, 5.74) is 1.40. The number of carbonyl (C=O) groups is 1. The Labute approximate surface area is 151 Å². The highest BCUT2D eigenvalue weighted by Gasteiger charge is 2.28. The number of amides is 1. The fourth-order valence-electron chi connectivity index (χ4n) is 2.08. The highest BCUT2D eigenvalue weighted by atomic mass is 35.5. The van der Waals surface area contributed by atoms with E-state index in [1.54, 1.807) is 6.07 Å². The molecule has 0 saturated carbocycles. The number of nitrogens with one attached hydrogen (secondary N) is 1. The maximum Gasteiger partial charge on any atom is 0.238 e. The Hall–Kier alpha value is -1.56. The molecule has 1 atom stereocenters. The summed E-state index contributed by atoms with van der Waals surface area (Å²) in [4.78, 5) is 12.1. The molecular formula is C17H17Cl2NO3S. The second-order valence-electron chi connectivity index (χ2n) is 5.40. The first-order valence-corrected chi connectivity index (χ1v) is 9.74. The van der Waals surface area contributed by atoms with Crippen LogP contribution >= 0.6 is 23.2 Å². The topological polar surface area (TPSA) is 63.2 Å². The van der Waals surface area contributed by atoms with Gasteiger partial charge >= 0.3 is 0 Å². The number of halogens is 2. The molecule has 0 bridgehead atoms. The fourth-order valence-corrected chi connectivity index (χ4v) is 3.70. The lowest BCUT2D eigenvalue weighted by Gasteiger charge is -2.14. The molecule has 0 fully saturated rings. The number of carbonyl (C=O) groups excluding carboxylic acids is 1. The Morgan fingerprint density at radius 3 is 2.33 bits per heavy atom. The van der Waals surface area contributed by atoms with Crippen molar-refractivity contribution in [3.05, 3.63) is 69.7 Å². The Morgan fingerprint density at radius 1 is 1.04 bits per heavy atom. The molecule has 0 heterocycles. The van der Waals surface area contributed by atoms with Crippen LogP contribution in [-0.4, -0.2) is 19.6 Å². The van der Waals surface area contributed by atoms with Gasteiger partial charge in [0.1, 0.15) is 5.25 Å². The summed E-state index contributed by atoms with van der Waals surface area (Å²) >= 11 is 11.7. The number of benzene rings is 2. The summed E-state index contributed by atoms with van der Waals surface area (Å²) in [7, 11) is -3.66. The van der Waals surface area contributed by atoms with E-state index < -0.39 is 21.0 Å². The van der Waals surface area contributed by atoms with Crippen LogP contribution in [0.1, 0.15) is 18.1 Å². The lowest BCUT2D eigenvalue weighted by Crippen LogP contribution is -2.38. The first-order chi connectivity index (χ1) is 11.3. The molecule has 0 spiro atoms. The molecule has 0 radical (unpaired) electrons. The van der Waals surface area contributed by atoms with E-state index in [1.807, 2.05) is 30.3 Å². The monoisotopic (exact) mass is 385 g/mol. The summed E-state index contributed by atoms with van der Waals surface area (Å²) in [6.07, 6.45) is 0. The van der Waals surface area contributed by atoms with E-state index >= 15 is 0 Å². The summed E-state index contributed by atoms with van der Waals surface area (Å²) in [5, 5.41) is 2.13. The first kappa shape index (κ1) is 18.8. The van der Waals surface area contributed by atoms with E-state index in [1.165, 1.54) is 19.1 Å². The second kappa shape index (κ2) is 8.01. The van der Waals surface area contributed by atoms with Gasteiger partial charge in [-0.25, -0.2) is 8.42 Å². The van der Waals surface area contributed by atoms with Crippen molar-refractivity contribution in [3.8, 4) is 0 Å². The van der Waals surface area contributed by atoms with Crippen molar-refractivity contribution in [2.45, 2.75) is 24.5 Å². The van der Waals surface area contributed by atoms with Gasteiger partial charge in [0.25, 0.3) is 0 Å². The zero-order chi connectivity index (χ0) is 17.7. The van der Waals surface area contributed by atoms with Crippen molar-refractivity contribution in [1.82, 2.24) is 5.32 Å². The van der Waals surface area contributed by atoms with Gasteiger partial charge in [0, 0.05) is 6.54 Å². The molecule has 24 heavy (non-hydrogen) atoms. The van der Waals surface area contributed by atoms with Crippen molar-refractivity contribution in [2.24, 2.45) is 0 Å². The van der Waals surface area contributed by atoms with Crippen LogP contribution in [0.25, 0.3) is 0 Å². The molecule has 1 amide bonds. The van der Waals surface area contributed by atoms with Crippen molar-refractivity contribution in [3.63, 3.8) is 0 Å². The van der Waals surface area contributed by atoms with Crippen molar-refractivity contribution >= 4 is 38.9 Å². The zero-order valence-corrected chi connectivity index (χ0v) is 15.3. The minimum atomic E-state index is -3.66. The smallest absolute Gasteiger partial charge is 0.238 e. The van der Waals surface area contributed by atoms with Gasteiger partial charge in [-0.1, -0.05) is 59.6 Å². The summed E-state index contributed by atoms with van der Waals surface area (Å²) < 4.78 is 24.8. The Morgan fingerprint density at radius 2 is 1.71 bits per heavy atom. The minimum Gasteiger partial charge on any atom is -0.351 e. The molecule has 1 N–H and O–H groups in total. The first-order valence-electron chi connectivity index (χ1n) is 7.27. The molecular weight excluding hydrogens is 369 g/mol. The summed E-state index contributed by atoms with van der Waals surface area (Å²) in [6.45, 7) is 1.67. The zero-order valence-electron chi connectivity index (χ0n) is 13.0. The molecule has 0 aromatic heterocycles. The van der Waals surface area contributed by atoms with E-state index in [-0.39, 0.29) is 17.3 Å². The van der Waals surface area contributed by atoms with Crippen LogP contribution in [0.15, 0.2) is 48.5 Å². The standard InChI is InChI=1S/C17H17Cl2NO3S/c1-12(17(21)20-10-13-5-3-2-4-6-13)24(22,23)11-14-7-8-15(18)16(19)9-14/h2-9,12H,10-11H2,1H3,(H,20,21)/t12-/m0/s1. The van der Waals surface area contributed by atoms with Gasteiger partial charge in [-0.05, 0) is 30.2 Å². The predicted octanol–water partition coefficient (Wildman–Crippen LogP) is 3.61. The van der Waals surface area contributed by atoms with Gasteiger partial charge in [0.05, 0.1) is 15.8 Å². The fraction of sp³-hybridized carbons (Fsp3) is 0.235. The van der Waals surface area contributed by atoms with Crippen molar-refractivity contribution in [1.29, 1.82) is 0 Å². The van der Waals surface area contributed by atoms with Crippen LogP contribution in [0.5, 0.6) is 0 Å². The third kappa shape index (κ3) is 4.97. The van der Waals surface area contributed by atoms with Gasteiger partial charge in [-0.3, -0.25) is 4.79 Å². The van der Waals surface area contributed by atoms with E-state index in [2.05, 4.69) is 5.32 Å². The molecule has 0 aliphatic heterocycles. The largest absolute Gasteiger partial charge is 0.351 e. The predicted molar refractivity (Wildman–Crippen MR) is 96.8 cm³/mol. The number of hydrogen-bond donors (Lipinski definition) is 1. The van der Waals surface area contributed by atoms with E-state index in [0.29, 0.717) is 10.6 Å². The molecule has 128 valence electrons. The average molecular weight is 386 g/mol. The van der Waals surface area contributed by atoms with Crippen LogP contribution < -0.4 is 5.32 Å². The Kier molecular flexibility index (Phi) is 6.27. The van der Waals surface area contributed by atoms with Crippen molar-refractivity contribution in [2.75, 3.05) is 0 Å². The number of hydrogen-bond acceptors (Lipinski definition) is 3. The van der Waals surface area contributed by atoms with Crippen LogP contribution in [-0.2, 0) is 26.9 Å². The van der Waals surface area contributed by atoms with Gasteiger partial charge in [-0.2, -0.15) is 0 Å². The number of sulfone groups is 1. The maximum absolute atomic E-state index is 12.4. The molecule has 0 unspecified atom stereocenters. The van der Waals surface area contributed by atoms with Crippen LogP contribution in [0, 0.1) is 0 Å². The molecule has 0 aliphatic carbocycles. The Bertz CT molecular complexity index is 823. The second-order valence-corrected chi connectivity index (χ2v) is 8.54. The Balaban J connectivity index is 2.02. The van der Waals surface area contributed by atoms with Gasteiger partial charge < -0.3 is 5.32 Å². The molecule has 2 aromatic rings. The quantitative estimate of drug-likeness (QED) is 0.825. The normalized spacial score (nSPS) is 12.6. The highest BCUT2D eigenvalue weighted by molar-refractivity contribution is 7.92. The van der Waals surface area contributed by atoms with Crippen LogP contribution in [0.4, 0.5) is 0 Å². The summed E-state index contributed by atoms with van der Waals surface area (Å²) in [5.74, 6) is -0.803. The molecule has 0 aliphatic rings. The molecule has 4 nitrogen and oxygen atoms in total. The average Bonchev–Trinajstić information content (AvgIpc) is 2.56. The third-order valence-electron chi connectivity index (χ3n) is 3.57. The van der Waals surface area contributed by atoms with E-state index in [0.717, 1.165) is 5.56 Å². The van der Waals surface area contributed by atoms with Crippen LogP contribution in [0.3, 0.4) is 0 Å². The van der Waals surface area contributed by atoms with Gasteiger partial charge in [0.2, 0.25) is 5.91 Å². The van der Waals surface area contributed by atoms with Gasteiger partial charge in [-0.15, -0.1) is 0 Å². The van der Waals surface area contributed by atoms with Gasteiger partial charge in [0.15, 0.2) is 9.84 Å². The third-order valence-corrected chi connectivity index (χ3v) is 6.34. The lowest BCUT2D eigenvalue weighted by molar-refractivity contribution is -0.120. The molecule has 0 saturated heterocycles. The lowest BCUT2D eigenvalue weighted by atomic mass is 10.2. The van der Waals surface area contributed by atoms with E-state index in [9.17, 15) is 13.2 Å². The highest BCUT2D eigenvalue weighted by Crippen LogP contribution is 2.24. The molecule has 7 heteroatoms. The maximum atomic E-state index is 12.4. The molecule has 2 aromatic carbocycles. The minimum absolute atomic E-state index is 0.274. The SMILES string of the molecule is C[C@@H](C(=O)NCc1ccccc1)S(=O)(=O)Cc1ccc(Cl)c(Cl)c1. The number of rotatable bonds is 6. The van der Waals surface area contributed by atoms with E-state index in [4.69, 9.17) is 23.2 Å². The van der Waals surface area contributed by atoms with Crippen LogP contribution in [0.2, 0.25) is 10.0 Å². The van der Waals surface area contributed by atoms with Crippen molar-refractivity contribution < 1.29 is 13.2 Å². The summed E-state index contributed by atoms with van der Waals surface area (Å²) in [6, 6.07) is 13.9.